The molecule has 2 heterocycles. The first-order chi connectivity index (χ1) is 9.06. The van der Waals surface area contributed by atoms with Crippen LogP contribution >= 0.6 is 0 Å². The molecule has 0 unspecified atom stereocenters. The standard InChI is InChI=1S/C14H22N4O/c1-10-8-16-11(2)14(17-10)18-7-3-4-12(9-18)5-6-13(15)19/h8,12H,3-7,9H2,1-2H3,(H2,15,19)/t12-/m0/s1. The van der Waals surface area contributed by atoms with Gasteiger partial charge in [0.05, 0.1) is 11.4 Å². The maximum Gasteiger partial charge on any atom is 0.217 e. The van der Waals surface area contributed by atoms with Crippen LogP contribution in [-0.4, -0.2) is 29.0 Å². The summed E-state index contributed by atoms with van der Waals surface area (Å²) in [5.41, 5.74) is 7.14. The van der Waals surface area contributed by atoms with E-state index in [4.69, 9.17) is 5.73 Å². The number of aromatic nitrogens is 2. The van der Waals surface area contributed by atoms with Crippen molar-refractivity contribution in [2.75, 3.05) is 18.0 Å². The number of carbonyl (C=O) groups excluding carboxylic acids is 1. The molecule has 1 saturated heterocycles. The number of rotatable bonds is 4. The monoisotopic (exact) mass is 262 g/mol. The lowest BCUT2D eigenvalue weighted by Crippen LogP contribution is -2.37. The highest BCUT2D eigenvalue weighted by Gasteiger charge is 2.22. The van der Waals surface area contributed by atoms with E-state index in [0.29, 0.717) is 12.3 Å². The second-order valence-electron chi connectivity index (χ2n) is 5.38. The van der Waals surface area contributed by atoms with Gasteiger partial charge in [0.25, 0.3) is 0 Å². The zero-order valence-corrected chi connectivity index (χ0v) is 11.7. The predicted molar refractivity (Wildman–Crippen MR) is 74.9 cm³/mol. The molecular formula is C14H22N4O. The van der Waals surface area contributed by atoms with Crippen molar-refractivity contribution in [3.8, 4) is 0 Å². The van der Waals surface area contributed by atoms with Crippen molar-refractivity contribution < 1.29 is 4.79 Å². The van der Waals surface area contributed by atoms with Gasteiger partial charge in [0.2, 0.25) is 5.91 Å². The molecule has 1 aliphatic heterocycles. The van der Waals surface area contributed by atoms with Gasteiger partial charge in [0.15, 0.2) is 0 Å². The molecule has 1 amide bonds. The Bertz CT molecular complexity index is 461. The average Bonchev–Trinajstić information content (AvgIpc) is 2.39. The topological polar surface area (TPSA) is 72.1 Å². The first kappa shape index (κ1) is 13.8. The third-order valence-corrected chi connectivity index (χ3v) is 3.67. The smallest absolute Gasteiger partial charge is 0.217 e. The van der Waals surface area contributed by atoms with Crippen LogP contribution in [0.25, 0.3) is 0 Å². The van der Waals surface area contributed by atoms with Gasteiger partial charge in [-0.3, -0.25) is 9.78 Å². The number of hydrogen-bond donors (Lipinski definition) is 1. The Morgan fingerprint density at radius 3 is 3.05 bits per heavy atom. The fourth-order valence-corrected chi connectivity index (χ4v) is 2.66. The van der Waals surface area contributed by atoms with Crippen LogP contribution in [0.15, 0.2) is 6.20 Å². The van der Waals surface area contributed by atoms with Crippen molar-refractivity contribution in [3.63, 3.8) is 0 Å². The van der Waals surface area contributed by atoms with Crippen molar-refractivity contribution >= 4 is 11.7 Å². The number of carbonyl (C=O) groups is 1. The molecule has 5 heteroatoms. The molecule has 1 aromatic rings. The van der Waals surface area contributed by atoms with Gasteiger partial charge < -0.3 is 10.6 Å². The fraction of sp³-hybridized carbons (Fsp3) is 0.643. The van der Waals surface area contributed by atoms with E-state index in [-0.39, 0.29) is 5.91 Å². The number of hydrogen-bond acceptors (Lipinski definition) is 4. The average molecular weight is 262 g/mol. The largest absolute Gasteiger partial charge is 0.370 e. The Kier molecular flexibility index (Phi) is 4.35. The molecule has 0 aromatic carbocycles. The molecule has 1 aliphatic rings. The number of nitrogens with two attached hydrogens (primary N) is 1. The van der Waals surface area contributed by atoms with Gasteiger partial charge in [-0.2, -0.15) is 0 Å². The van der Waals surface area contributed by atoms with Gasteiger partial charge in [-0.25, -0.2) is 4.98 Å². The van der Waals surface area contributed by atoms with Crippen LogP contribution in [0.2, 0.25) is 0 Å². The SMILES string of the molecule is Cc1cnc(C)c(N2CCC[C@@H](CCC(N)=O)C2)n1. The Hall–Kier alpha value is -1.65. The summed E-state index contributed by atoms with van der Waals surface area (Å²) in [7, 11) is 0. The molecule has 0 aliphatic carbocycles. The molecule has 2 rings (SSSR count). The molecule has 104 valence electrons. The second kappa shape index (κ2) is 5.99. The van der Waals surface area contributed by atoms with Crippen LogP contribution in [-0.2, 0) is 4.79 Å². The Morgan fingerprint density at radius 2 is 2.32 bits per heavy atom. The summed E-state index contributed by atoms with van der Waals surface area (Å²) in [6.07, 6.45) is 5.47. The van der Waals surface area contributed by atoms with Gasteiger partial charge in [0, 0.05) is 25.7 Å². The molecule has 2 N–H and O–H groups in total. The molecule has 1 atom stereocenters. The third kappa shape index (κ3) is 3.66. The minimum absolute atomic E-state index is 0.205. The maximum absolute atomic E-state index is 10.9. The Morgan fingerprint density at radius 1 is 1.53 bits per heavy atom. The van der Waals surface area contributed by atoms with Gasteiger partial charge in [0.1, 0.15) is 5.82 Å². The lowest BCUT2D eigenvalue weighted by Gasteiger charge is -2.34. The molecule has 0 saturated carbocycles. The summed E-state index contributed by atoms with van der Waals surface area (Å²) in [6, 6.07) is 0. The van der Waals surface area contributed by atoms with Crippen LogP contribution in [0.1, 0.15) is 37.1 Å². The lowest BCUT2D eigenvalue weighted by molar-refractivity contribution is -0.118. The number of aryl methyl sites for hydroxylation is 2. The van der Waals surface area contributed by atoms with Gasteiger partial charge in [-0.05, 0) is 39.0 Å². The highest BCUT2D eigenvalue weighted by Crippen LogP contribution is 2.26. The van der Waals surface area contributed by atoms with Crippen LogP contribution < -0.4 is 10.6 Å². The predicted octanol–water partition coefficient (Wildman–Crippen LogP) is 1.58. The highest BCUT2D eigenvalue weighted by atomic mass is 16.1. The van der Waals surface area contributed by atoms with E-state index in [9.17, 15) is 4.79 Å². The number of piperidine rings is 1. The number of primary amides is 1. The van der Waals surface area contributed by atoms with Crippen molar-refractivity contribution in [1.29, 1.82) is 0 Å². The summed E-state index contributed by atoms with van der Waals surface area (Å²) in [5, 5.41) is 0. The quantitative estimate of drug-likeness (QED) is 0.894. The number of nitrogens with zero attached hydrogens (tertiary/aromatic N) is 3. The molecule has 0 bridgehead atoms. The molecular weight excluding hydrogens is 240 g/mol. The molecule has 19 heavy (non-hydrogen) atoms. The summed E-state index contributed by atoms with van der Waals surface area (Å²) < 4.78 is 0. The highest BCUT2D eigenvalue weighted by molar-refractivity contribution is 5.73. The summed E-state index contributed by atoms with van der Waals surface area (Å²) in [6.45, 7) is 5.93. The Labute approximate surface area is 114 Å². The van der Waals surface area contributed by atoms with E-state index in [0.717, 1.165) is 43.1 Å². The fourth-order valence-electron chi connectivity index (χ4n) is 2.66. The lowest BCUT2D eigenvalue weighted by atomic mass is 9.93. The van der Waals surface area contributed by atoms with Crippen LogP contribution in [0.5, 0.6) is 0 Å². The normalized spacial score (nSPS) is 19.5. The van der Waals surface area contributed by atoms with Crippen molar-refractivity contribution in [1.82, 2.24) is 9.97 Å². The van der Waals surface area contributed by atoms with Crippen LogP contribution in [0.3, 0.4) is 0 Å². The first-order valence-corrected chi connectivity index (χ1v) is 6.89. The maximum atomic E-state index is 10.9. The number of anilines is 1. The first-order valence-electron chi connectivity index (χ1n) is 6.89. The van der Waals surface area contributed by atoms with E-state index >= 15 is 0 Å². The van der Waals surface area contributed by atoms with Crippen LogP contribution in [0, 0.1) is 19.8 Å². The third-order valence-electron chi connectivity index (χ3n) is 3.67. The van der Waals surface area contributed by atoms with Gasteiger partial charge in [-0.1, -0.05) is 0 Å². The summed E-state index contributed by atoms with van der Waals surface area (Å²) in [4.78, 5) is 22.1. The molecule has 1 fully saturated rings. The van der Waals surface area contributed by atoms with Crippen molar-refractivity contribution in [2.24, 2.45) is 11.7 Å². The van der Waals surface area contributed by atoms with Gasteiger partial charge in [-0.15, -0.1) is 0 Å². The van der Waals surface area contributed by atoms with E-state index < -0.39 is 0 Å². The molecule has 1 aromatic heterocycles. The van der Waals surface area contributed by atoms with E-state index in [1.54, 1.807) is 6.20 Å². The van der Waals surface area contributed by atoms with E-state index in [1.165, 1.54) is 6.42 Å². The minimum Gasteiger partial charge on any atom is -0.370 e. The summed E-state index contributed by atoms with van der Waals surface area (Å²) in [5.74, 6) is 1.32. The zero-order chi connectivity index (χ0) is 13.8. The zero-order valence-electron chi connectivity index (χ0n) is 11.7. The van der Waals surface area contributed by atoms with E-state index in [1.807, 2.05) is 13.8 Å². The number of amides is 1. The van der Waals surface area contributed by atoms with Crippen LogP contribution in [0.4, 0.5) is 5.82 Å². The summed E-state index contributed by atoms with van der Waals surface area (Å²) >= 11 is 0. The molecule has 5 nitrogen and oxygen atoms in total. The van der Waals surface area contributed by atoms with Crippen molar-refractivity contribution in [2.45, 2.75) is 39.5 Å². The van der Waals surface area contributed by atoms with E-state index in [2.05, 4.69) is 14.9 Å². The molecule has 0 spiro atoms. The molecule has 0 radical (unpaired) electrons. The minimum atomic E-state index is -0.205. The van der Waals surface area contributed by atoms with Crippen molar-refractivity contribution in [3.05, 3.63) is 17.6 Å². The Balaban J connectivity index is 2.04. The second-order valence-corrected chi connectivity index (χ2v) is 5.38. The van der Waals surface area contributed by atoms with Gasteiger partial charge >= 0.3 is 0 Å².